The number of aliphatic carboxylic acids is 1. The molecule has 3 nitrogen and oxygen atoms in total. The molecule has 0 fully saturated rings. The van der Waals surface area contributed by atoms with Gasteiger partial charge in [-0.15, -0.1) is 0 Å². The smallest absolute Gasteiger partial charge is 0.309 e. The van der Waals surface area contributed by atoms with Gasteiger partial charge in [0, 0.05) is 0 Å². The minimum Gasteiger partial charge on any atom is -0.481 e. The predicted octanol–water partition coefficient (Wildman–Crippen LogP) is 2.84. The maximum absolute atomic E-state index is 11.0. The molecule has 0 aliphatic heterocycles. The Balaban J connectivity index is 2.94. The Labute approximate surface area is 102 Å². The highest BCUT2D eigenvalue weighted by Crippen LogP contribution is 2.31. The van der Waals surface area contributed by atoms with E-state index in [4.69, 9.17) is 5.11 Å². The number of carbonyl (C=O) groups is 1. The van der Waals surface area contributed by atoms with Gasteiger partial charge in [0.25, 0.3) is 0 Å². The fraction of sp³-hybridized carbons (Fsp3) is 0.500. The van der Waals surface area contributed by atoms with Crippen molar-refractivity contribution in [3.05, 3.63) is 34.9 Å². The van der Waals surface area contributed by atoms with Crippen LogP contribution < -0.4 is 0 Å². The predicted molar refractivity (Wildman–Crippen MR) is 66.9 cm³/mol. The Morgan fingerprint density at radius 1 is 1.35 bits per heavy atom. The van der Waals surface area contributed by atoms with Gasteiger partial charge >= 0.3 is 5.97 Å². The van der Waals surface area contributed by atoms with Crippen molar-refractivity contribution in [1.82, 2.24) is 0 Å². The fourth-order valence-electron chi connectivity index (χ4n) is 1.80. The first kappa shape index (κ1) is 13.7. The van der Waals surface area contributed by atoms with E-state index < -0.39 is 17.5 Å². The van der Waals surface area contributed by atoms with Gasteiger partial charge in [-0.3, -0.25) is 4.79 Å². The lowest BCUT2D eigenvalue weighted by Gasteiger charge is -2.24. The molecule has 94 valence electrons. The van der Waals surface area contributed by atoms with Crippen LogP contribution in [0.5, 0.6) is 0 Å². The van der Waals surface area contributed by atoms with E-state index in [1.54, 1.807) is 13.8 Å². The lowest BCUT2D eigenvalue weighted by Crippen LogP contribution is -2.26. The van der Waals surface area contributed by atoms with Gasteiger partial charge in [-0.25, -0.2) is 0 Å². The zero-order chi connectivity index (χ0) is 13.2. The molecule has 0 amide bonds. The molecule has 1 rings (SSSR count). The number of aliphatic hydroxyl groups is 1. The van der Waals surface area contributed by atoms with Gasteiger partial charge in [-0.2, -0.15) is 0 Å². The summed E-state index contributed by atoms with van der Waals surface area (Å²) in [7, 11) is 0. The summed E-state index contributed by atoms with van der Waals surface area (Å²) in [6, 6.07) is 5.84. The third-order valence-corrected chi connectivity index (χ3v) is 3.08. The molecular formula is C14H20O3. The molecule has 0 aromatic heterocycles. The number of carboxylic acid groups (broad SMARTS) is 1. The van der Waals surface area contributed by atoms with Gasteiger partial charge in [-0.1, -0.05) is 23.8 Å². The van der Waals surface area contributed by atoms with Gasteiger partial charge in [0.2, 0.25) is 0 Å². The zero-order valence-corrected chi connectivity index (χ0v) is 10.8. The Morgan fingerprint density at radius 3 is 2.47 bits per heavy atom. The van der Waals surface area contributed by atoms with Gasteiger partial charge in [0.1, 0.15) is 0 Å². The molecule has 2 N–H and O–H groups in total. The Bertz CT molecular complexity index is 421. The summed E-state index contributed by atoms with van der Waals surface area (Å²) in [5.41, 5.74) is 1.96. The molecule has 0 bridgehead atoms. The Hall–Kier alpha value is -1.35. The van der Waals surface area contributed by atoms with Gasteiger partial charge in [0.05, 0.1) is 11.5 Å². The van der Waals surface area contributed by atoms with Crippen LogP contribution in [0, 0.1) is 19.3 Å². The number of aliphatic hydroxyl groups excluding tert-OH is 1. The van der Waals surface area contributed by atoms with E-state index in [-0.39, 0.29) is 6.42 Å². The lowest BCUT2D eigenvalue weighted by atomic mass is 9.84. The molecule has 0 heterocycles. The summed E-state index contributed by atoms with van der Waals surface area (Å²) < 4.78 is 0. The molecule has 1 aromatic rings. The number of hydrogen-bond donors (Lipinski definition) is 2. The summed E-state index contributed by atoms with van der Waals surface area (Å²) in [6.07, 6.45) is -0.520. The first-order chi connectivity index (χ1) is 7.74. The van der Waals surface area contributed by atoms with E-state index >= 15 is 0 Å². The standard InChI is InChI=1S/C14H20O3/c1-9-5-6-10(2)11(7-9)12(15)8-14(3,4)13(16)17/h5-7,12,15H,8H2,1-4H3,(H,16,17). The van der Waals surface area contributed by atoms with E-state index in [0.29, 0.717) is 0 Å². The number of aryl methyl sites for hydroxylation is 2. The fourth-order valence-corrected chi connectivity index (χ4v) is 1.80. The van der Waals surface area contributed by atoms with Gasteiger partial charge in [-0.05, 0) is 45.2 Å². The maximum Gasteiger partial charge on any atom is 0.309 e. The van der Waals surface area contributed by atoms with E-state index in [1.807, 2.05) is 32.0 Å². The summed E-state index contributed by atoms with van der Waals surface area (Å²) in [5, 5.41) is 19.2. The van der Waals surface area contributed by atoms with Crippen LogP contribution in [0.15, 0.2) is 18.2 Å². The van der Waals surface area contributed by atoms with Crippen LogP contribution in [0.3, 0.4) is 0 Å². The Kier molecular flexibility index (Phi) is 3.94. The van der Waals surface area contributed by atoms with Crippen molar-refractivity contribution in [2.24, 2.45) is 5.41 Å². The molecule has 0 aliphatic rings. The summed E-state index contributed by atoms with van der Waals surface area (Å²) in [6.45, 7) is 7.14. The second-order valence-corrected chi connectivity index (χ2v) is 5.27. The average molecular weight is 236 g/mol. The second-order valence-electron chi connectivity index (χ2n) is 5.27. The SMILES string of the molecule is Cc1ccc(C)c(C(O)CC(C)(C)C(=O)O)c1. The van der Waals surface area contributed by atoms with Gasteiger partial charge in [0.15, 0.2) is 0 Å². The van der Waals surface area contributed by atoms with E-state index in [2.05, 4.69) is 0 Å². The van der Waals surface area contributed by atoms with Crippen molar-refractivity contribution in [3.8, 4) is 0 Å². The van der Waals surface area contributed by atoms with Crippen molar-refractivity contribution >= 4 is 5.97 Å². The molecule has 1 atom stereocenters. The van der Waals surface area contributed by atoms with Crippen molar-refractivity contribution in [2.75, 3.05) is 0 Å². The largest absolute Gasteiger partial charge is 0.481 e. The van der Waals surface area contributed by atoms with E-state index in [9.17, 15) is 9.90 Å². The summed E-state index contributed by atoms with van der Waals surface area (Å²) in [5.74, 6) is -0.887. The third-order valence-electron chi connectivity index (χ3n) is 3.08. The van der Waals surface area contributed by atoms with Crippen LogP contribution >= 0.6 is 0 Å². The topological polar surface area (TPSA) is 57.5 Å². The third kappa shape index (κ3) is 3.30. The van der Waals surface area contributed by atoms with Crippen LogP contribution in [0.25, 0.3) is 0 Å². The van der Waals surface area contributed by atoms with Gasteiger partial charge < -0.3 is 10.2 Å². The molecule has 0 spiro atoms. The number of carboxylic acids is 1. The molecular weight excluding hydrogens is 216 g/mol. The van der Waals surface area contributed by atoms with Crippen molar-refractivity contribution in [1.29, 1.82) is 0 Å². The summed E-state index contributed by atoms with van der Waals surface area (Å²) >= 11 is 0. The normalized spacial score (nSPS) is 13.5. The molecule has 1 unspecified atom stereocenters. The molecule has 1 aromatic carbocycles. The second kappa shape index (κ2) is 4.88. The maximum atomic E-state index is 11.0. The minimum absolute atomic E-state index is 0.215. The molecule has 17 heavy (non-hydrogen) atoms. The average Bonchev–Trinajstić information content (AvgIpc) is 2.20. The highest BCUT2D eigenvalue weighted by molar-refractivity contribution is 5.73. The van der Waals surface area contributed by atoms with Crippen LogP contribution in [0.4, 0.5) is 0 Å². The van der Waals surface area contributed by atoms with E-state index in [1.165, 1.54) is 0 Å². The Morgan fingerprint density at radius 2 is 1.94 bits per heavy atom. The molecule has 0 saturated heterocycles. The monoisotopic (exact) mass is 236 g/mol. The minimum atomic E-state index is -0.921. The first-order valence-corrected chi connectivity index (χ1v) is 5.72. The van der Waals surface area contributed by atoms with E-state index in [0.717, 1.165) is 16.7 Å². The molecule has 3 heteroatoms. The van der Waals surface area contributed by atoms with Crippen molar-refractivity contribution < 1.29 is 15.0 Å². The highest BCUT2D eigenvalue weighted by Gasteiger charge is 2.31. The molecule has 0 radical (unpaired) electrons. The molecule has 0 aliphatic carbocycles. The first-order valence-electron chi connectivity index (χ1n) is 5.72. The zero-order valence-electron chi connectivity index (χ0n) is 10.8. The van der Waals surface area contributed by atoms with Crippen LogP contribution in [-0.2, 0) is 4.79 Å². The van der Waals surface area contributed by atoms with Crippen molar-refractivity contribution in [2.45, 2.75) is 40.2 Å². The quantitative estimate of drug-likeness (QED) is 0.845. The van der Waals surface area contributed by atoms with Crippen molar-refractivity contribution in [3.63, 3.8) is 0 Å². The lowest BCUT2D eigenvalue weighted by molar-refractivity contribution is -0.148. The van der Waals surface area contributed by atoms with Crippen LogP contribution in [0.1, 0.15) is 43.1 Å². The van der Waals surface area contributed by atoms with Crippen LogP contribution in [-0.4, -0.2) is 16.2 Å². The summed E-state index contributed by atoms with van der Waals surface area (Å²) in [4.78, 5) is 11.0. The number of hydrogen-bond acceptors (Lipinski definition) is 2. The van der Waals surface area contributed by atoms with Crippen LogP contribution in [0.2, 0.25) is 0 Å². The number of rotatable bonds is 4. The molecule has 0 saturated carbocycles. The number of benzene rings is 1. The highest BCUT2D eigenvalue weighted by atomic mass is 16.4.